The molecule has 0 bridgehead atoms. The number of carbonyl (C=O) groups excluding carboxylic acids is 2. The number of benzene rings is 1. The molecule has 1 aliphatic heterocycles. The van der Waals surface area contributed by atoms with E-state index >= 15 is 0 Å². The van der Waals surface area contributed by atoms with Gasteiger partial charge in [0, 0.05) is 21.7 Å². The summed E-state index contributed by atoms with van der Waals surface area (Å²) in [7, 11) is 0. The second-order valence-electron chi connectivity index (χ2n) is 5.11. The third-order valence-corrected chi connectivity index (χ3v) is 4.58. The fraction of sp³-hybridized carbons (Fsp3) is 0.333. The third kappa shape index (κ3) is 2.42. The van der Waals surface area contributed by atoms with Gasteiger partial charge in [-0.1, -0.05) is 11.6 Å². The topological polar surface area (TPSA) is 37.4 Å². The first kappa shape index (κ1) is 14.7. The molecule has 0 N–H and O–H groups in total. The van der Waals surface area contributed by atoms with Crippen LogP contribution >= 0.6 is 27.5 Å². The van der Waals surface area contributed by atoms with E-state index in [9.17, 15) is 14.0 Å². The number of alkyl halides is 2. The summed E-state index contributed by atoms with van der Waals surface area (Å²) in [5, 5.41) is -1.14. The van der Waals surface area contributed by atoms with Crippen molar-refractivity contribution in [1.29, 1.82) is 0 Å². The average Bonchev–Trinajstić information content (AvgIpc) is 2.72. The highest BCUT2D eigenvalue weighted by Crippen LogP contribution is 2.40. The Balaban J connectivity index is 2.07. The smallest absolute Gasteiger partial charge is 0.261 e. The largest absolute Gasteiger partial charge is 0.269 e. The van der Waals surface area contributed by atoms with E-state index in [4.69, 9.17) is 11.6 Å². The molecule has 1 aromatic carbocycles. The number of halogens is 3. The van der Waals surface area contributed by atoms with Crippen LogP contribution in [0, 0.1) is 0 Å². The Morgan fingerprint density at radius 1 is 1.14 bits per heavy atom. The van der Waals surface area contributed by atoms with Crippen LogP contribution in [0.25, 0.3) is 0 Å². The molecule has 0 saturated heterocycles. The lowest BCUT2D eigenvalue weighted by molar-refractivity contribution is -0.120. The maximum Gasteiger partial charge on any atom is 0.261 e. The van der Waals surface area contributed by atoms with Crippen molar-refractivity contribution in [1.82, 2.24) is 0 Å². The highest BCUT2D eigenvalue weighted by molar-refractivity contribution is 9.09. The number of nitrogens with zero attached hydrogens (tertiary/aromatic N) is 1. The zero-order valence-electron chi connectivity index (χ0n) is 11.0. The van der Waals surface area contributed by atoms with E-state index in [0.717, 1.165) is 17.7 Å². The van der Waals surface area contributed by atoms with E-state index in [1.54, 1.807) is 6.07 Å². The molecule has 6 heteroatoms. The monoisotopic (exact) mass is 371 g/mol. The molecular formula is C15H12BrClFNO2. The standard InChI is InChI=1S/C15H12BrClFNO2/c16-13(18)11-7-8(17)5-6-12(11)19-14(20)9-3-1-2-4-10(9)15(19)21/h5-7,13H,1-4H2. The van der Waals surface area contributed by atoms with Gasteiger partial charge in [-0.2, -0.15) is 0 Å². The number of hydrogen-bond acceptors (Lipinski definition) is 2. The molecule has 0 fully saturated rings. The lowest BCUT2D eigenvalue weighted by Gasteiger charge is -2.19. The van der Waals surface area contributed by atoms with Crippen molar-refractivity contribution in [2.75, 3.05) is 4.90 Å². The highest BCUT2D eigenvalue weighted by atomic mass is 79.9. The molecule has 1 aromatic rings. The van der Waals surface area contributed by atoms with Crippen molar-refractivity contribution in [3.05, 3.63) is 39.9 Å². The average molecular weight is 373 g/mol. The second-order valence-corrected chi connectivity index (χ2v) is 6.35. The number of carbonyl (C=O) groups is 2. The first-order valence-electron chi connectivity index (χ1n) is 6.69. The molecule has 1 heterocycles. The van der Waals surface area contributed by atoms with E-state index in [1.807, 2.05) is 0 Å². The molecule has 0 saturated carbocycles. The highest BCUT2D eigenvalue weighted by Gasteiger charge is 2.40. The van der Waals surface area contributed by atoms with Gasteiger partial charge in [0.25, 0.3) is 11.8 Å². The number of rotatable bonds is 2. The quantitative estimate of drug-likeness (QED) is 0.568. The summed E-state index contributed by atoms with van der Waals surface area (Å²) in [5.74, 6) is -0.655. The first-order chi connectivity index (χ1) is 10.0. The van der Waals surface area contributed by atoms with Gasteiger partial charge in [-0.05, 0) is 59.8 Å². The zero-order valence-corrected chi connectivity index (χ0v) is 13.4. The normalized spacial score (nSPS) is 20.0. The molecule has 0 spiro atoms. The van der Waals surface area contributed by atoms with Gasteiger partial charge in [0.05, 0.1) is 5.69 Å². The first-order valence-corrected chi connectivity index (χ1v) is 7.98. The number of imide groups is 1. The summed E-state index contributed by atoms with van der Waals surface area (Å²) in [6.45, 7) is 0. The molecule has 110 valence electrons. The summed E-state index contributed by atoms with van der Waals surface area (Å²) >= 11 is 8.72. The van der Waals surface area contributed by atoms with Crippen molar-refractivity contribution >= 4 is 45.0 Å². The van der Waals surface area contributed by atoms with E-state index in [-0.39, 0.29) is 23.1 Å². The van der Waals surface area contributed by atoms with Crippen LogP contribution < -0.4 is 4.90 Å². The maximum atomic E-state index is 13.7. The van der Waals surface area contributed by atoms with Crippen LogP contribution in [0.5, 0.6) is 0 Å². The molecule has 0 radical (unpaired) electrons. The van der Waals surface area contributed by atoms with E-state index in [1.165, 1.54) is 12.1 Å². The van der Waals surface area contributed by atoms with Gasteiger partial charge >= 0.3 is 0 Å². The van der Waals surface area contributed by atoms with Gasteiger partial charge in [-0.25, -0.2) is 9.29 Å². The predicted octanol–water partition coefficient (Wildman–Crippen LogP) is 4.45. The Kier molecular flexibility index (Phi) is 3.88. The minimum Gasteiger partial charge on any atom is -0.269 e. The van der Waals surface area contributed by atoms with Gasteiger partial charge in [-0.3, -0.25) is 9.59 Å². The SMILES string of the molecule is O=C1C2=C(CCCC2)C(=O)N1c1ccc(Cl)cc1C(F)Br. The molecule has 1 aliphatic carbocycles. The maximum absolute atomic E-state index is 13.7. The Labute approximate surface area is 134 Å². The van der Waals surface area contributed by atoms with Gasteiger partial charge in [0.15, 0.2) is 5.08 Å². The summed E-state index contributed by atoms with van der Waals surface area (Å²) in [4.78, 5) is 26.1. The van der Waals surface area contributed by atoms with Crippen molar-refractivity contribution in [2.24, 2.45) is 0 Å². The van der Waals surface area contributed by atoms with Crippen LogP contribution in [0.3, 0.4) is 0 Å². The van der Waals surface area contributed by atoms with Gasteiger partial charge in [-0.15, -0.1) is 0 Å². The molecule has 0 aromatic heterocycles. The number of hydrogen-bond donors (Lipinski definition) is 0. The summed E-state index contributed by atoms with van der Waals surface area (Å²) in [6, 6.07) is 4.49. The zero-order chi connectivity index (χ0) is 15.1. The lowest BCUT2D eigenvalue weighted by atomic mass is 9.93. The molecule has 3 rings (SSSR count). The second kappa shape index (κ2) is 5.54. The molecule has 1 atom stereocenters. The Hall–Kier alpha value is -1.20. The fourth-order valence-corrected chi connectivity index (χ4v) is 3.41. The predicted molar refractivity (Wildman–Crippen MR) is 82.2 cm³/mol. The van der Waals surface area contributed by atoms with Gasteiger partial charge < -0.3 is 0 Å². The van der Waals surface area contributed by atoms with Crippen LogP contribution in [0.15, 0.2) is 29.3 Å². The number of amides is 2. The van der Waals surface area contributed by atoms with Crippen molar-refractivity contribution in [3.8, 4) is 0 Å². The minimum atomic E-state index is -1.50. The van der Waals surface area contributed by atoms with Crippen molar-refractivity contribution < 1.29 is 14.0 Å². The fourth-order valence-electron chi connectivity index (χ4n) is 2.86. The summed E-state index contributed by atoms with van der Waals surface area (Å²) in [6.07, 6.45) is 3.05. The molecule has 21 heavy (non-hydrogen) atoms. The summed E-state index contributed by atoms with van der Waals surface area (Å²) < 4.78 is 13.7. The molecular weight excluding hydrogens is 361 g/mol. The van der Waals surface area contributed by atoms with E-state index < -0.39 is 5.08 Å². The minimum absolute atomic E-state index is 0.184. The van der Waals surface area contributed by atoms with Crippen LogP contribution in [0.1, 0.15) is 36.3 Å². The Bertz CT molecular complexity index is 644. The van der Waals surface area contributed by atoms with E-state index in [0.29, 0.717) is 29.0 Å². The van der Waals surface area contributed by atoms with Crippen molar-refractivity contribution in [3.63, 3.8) is 0 Å². The third-order valence-electron chi connectivity index (χ3n) is 3.86. The van der Waals surface area contributed by atoms with Crippen LogP contribution in [0.4, 0.5) is 10.1 Å². The summed E-state index contributed by atoms with van der Waals surface area (Å²) in [5.41, 5.74) is 1.60. The van der Waals surface area contributed by atoms with Crippen molar-refractivity contribution in [2.45, 2.75) is 30.8 Å². The Morgan fingerprint density at radius 2 is 1.71 bits per heavy atom. The Morgan fingerprint density at radius 3 is 2.24 bits per heavy atom. The molecule has 1 unspecified atom stereocenters. The van der Waals surface area contributed by atoms with Crippen LogP contribution in [-0.4, -0.2) is 11.8 Å². The lowest BCUT2D eigenvalue weighted by Crippen LogP contribution is -2.32. The number of anilines is 1. The molecule has 2 aliphatic rings. The van der Waals surface area contributed by atoms with Gasteiger partial charge in [0.1, 0.15) is 0 Å². The van der Waals surface area contributed by atoms with Crippen LogP contribution in [0.2, 0.25) is 5.02 Å². The van der Waals surface area contributed by atoms with Crippen LogP contribution in [-0.2, 0) is 9.59 Å². The molecule has 2 amide bonds. The van der Waals surface area contributed by atoms with Gasteiger partial charge in [0.2, 0.25) is 0 Å². The molecule has 3 nitrogen and oxygen atoms in total. The van der Waals surface area contributed by atoms with E-state index in [2.05, 4.69) is 15.9 Å².